The van der Waals surface area contributed by atoms with E-state index in [1.165, 1.54) is 0 Å². The van der Waals surface area contributed by atoms with Crippen molar-refractivity contribution >= 4 is 11.8 Å². The number of nitrogens with two attached hydrogens (primary N) is 1. The van der Waals surface area contributed by atoms with Crippen LogP contribution >= 0.6 is 0 Å². The number of likely N-dealkylation sites (tertiary alicyclic amines) is 1. The van der Waals surface area contributed by atoms with Crippen LogP contribution in [0.3, 0.4) is 0 Å². The molecule has 0 bridgehead atoms. The first-order chi connectivity index (χ1) is 13.1. The third kappa shape index (κ3) is 5.76. The normalized spacial score (nSPS) is 21.3. The molecule has 7 nitrogen and oxygen atoms in total. The quantitative estimate of drug-likeness (QED) is 0.736. The van der Waals surface area contributed by atoms with Crippen molar-refractivity contribution in [3.63, 3.8) is 0 Å². The van der Waals surface area contributed by atoms with Crippen LogP contribution in [0.25, 0.3) is 0 Å². The van der Waals surface area contributed by atoms with Crippen LogP contribution in [-0.2, 0) is 25.6 Å². The smallest absolute Gasteiger partial charge is 0.237 e. The van der Waals surface area contributed by atoms with Gasteiger partial charge in [0.1, 0.15) is 0 Å². The molecule has 0 aliphatic carbocycles. The lowest BCUT2D eigenvalue weighted by molar-refractivity contribution is -0.140. The highest BCUT2D eigenvalue weighted by Crippen LogP contribution is 2.24. The van der Waals surface area contributed by atoms with Crippen LogP contribution in [0.5, 0.6) is 0 Å². The second kappa shape index (κ2) is 9.82. The van der Waals surface area contributed by atoms with E-state index in [1.54, 1.807) is 4.90 Å². The molecule has 1 atom stereocenters. The van der Waals surface area contributed by atoms with E-state index in [0.29, 0.717) is 32.8 Å². The fraction of sp³-hybridized carbons (Fsp3) is 0.600. The molecular formula is C20H29N3O4. The molecule has 2 heterocycles. The van der Waals surface area contributed by atoms with Gasteiger partial charge >= 0.3 is 0 Å². The van der Waals surface area contributed by atoms with E-state index in [4.69, 9.17) is 15.2 Å². The summed E-state index contributed by atoms with van der Waals surface area (Å²) in [5.74, 6) is -0.394. The number of amides is 2. The van der Waals surface area contributed by atoms with Gasteiger partial charge in [-0.1, -0.05) is 36.8 Å². The van der Waals surface area contributed by atoms with Crippen molar-refractivity contribution in [1.29, 1.82) is 0 Å². The van der Waals surface area contributed by atoms with Crippen LogP contribution in [0.4, 0.5) is 0 Å². The maximum Gasteiger partial charge on any atom is 0.237 e. The summed E-state index contributed by atoms with van der Waals surface area (Å²) >= 11 is 0. The van der Waals surface area contributed by atoms with Crippen molar-refractivity contribution in [2.75, 3.05) is 32.8 Å². The van der Waals surface area contributed by atoms with E-state index >= 15 is 0 Å². The van der Waals surface area contributed by atoms with Gasteiger partial charge in [0.05, 0.1) is 25.8 Å². The predicted octanol–water partition coefficient (Wildman–Crippen LogP) is 1.12. The van der Waals surface area contributed by atoms with Crippen molar-refractivity contribution in [3.05, 3.63) is 35.9 Å². The first kappa shape index (κ1) is 19.8. The Kier molecular flexibility index (Phi) is 7.20. The SMILES string of the molecule is NC(=O)CCN(Cc1ccccc1)C(=O)CN1CCCCC1C1OCCO1. The molecule has 1 aromatic rings. The van der Waals surface area contributed by atoms with E-state index in [-0.39, 0.29) is 24.7 Å². The van der Waals surface area contributed by atoms with Gasteiger partial charge in [-0.05, 0) is 24.9 Å². The Hall–Kier alpha value is -1.96. The molecule has 2 aliphatic rings. The molecule has 1 aromatic carbocycles. The second-order valence-corrected chi connectivity index (χ2v) is 7.16. The minimum absolute atomic E-state index is 0.00463. The maximum atomic E-state index is 13.0. The summed E-state index contributed by atoms with van der Waals surface area (Å²) in [4.78, 5) is 28.2. The van der Waals surface area contributed by atoms with Crippen molar-refractivity contribution in [3.8, 4) is 0 Å². The van der Waals surface area contributed by atoms with Gasteiger partial charge in [-0.25, -0.2) is 0 Å². The Balaban J connectivity index is 1.65. The Morgan fingerprint density at radius 2 is 1.89 bits per heavy atom. The van der Waals surface area contributed by atoms with Gasteiger partial charge < -0.3 is 20.1 Å². The zero-order valence-corrected chi connectivity index (χ0v) is 15.7. The van der Waals surface area contributed by atoms with Gasteiger partial charge in [0, 0.05) is 19.5 Å². The zero-order valence-electron chi connectivity index (χ0n) is 15.7. The Morgan fingerprint density at radius 1 is 1.15 bits per heavy atom. The maximum absolute atomic E-state index is 13.0. The molecule has 7 heteroatoms. The summed E-state index contributed by atoms with van der Waals surface area (Å²) < 4.78 is 11.4. The predicted molar refractivity (Wildman–Crippen MR) is 101 cm³/mol. The average molecular weight is 375 g/mol. The third-order valence-corrected chi connectivity index (χ3v) is 5.16. The Labute approximate surface area is 160 Å². The molecule has 0 radical (unpaired) electrons. The number of carbonyl (C=O) groups is 2. The number of nitrogens with zero attached hydrogens (tertiary/aromatic N) is 2. The first-order valence-electron chi connectivity index (χ1n) is 9.71. The molecule has 2 aliphatic heterocycles. The number of hydrogen-bond donors (Lipinski definition) is 1. The molecule has 0 saturated carbocycles. The van der Waals surface area contributed by atoms with Gasteiger partial charge in [-0.15, -0.1) is 0 Å². The number of benzene rings is 1. The molecule has 27 heavy (non-hydrogen) atoms. The van der Waals surface area contributed by atoms with Crippen molar-refractivity contribution in [1.82, 2.24) is 9.80 Å². The molecule has 148 valence electrons. The lowest BCUT2D eigenvalue weighted by Gasteiger charge is -2.38. The first-order valence-corrected chi connectivity index (χ1v) is 9.71. The molecule has 2 amide bonds. The highest BCUT2D eigenvalue weighted by molar-refractivity contribution is 5.79. The number of rotatable bonds is 8. The van der Waals surface area contributed by atoms with Crippen molar-refractivity contribution in [2.45, 2.75) is 44.6 Å². The number of ether oxygens (including phenoxy) is 2. The molecule has 2 saturated heterocycles. The second-order valence-electron chi connectivity index (χ2n) is 7.16. The highest BCUT2D eigenvalue weighted by atomic mass is 16.7. The van der Waals surface area contributed by atoms with E-state index in [1.807, 2.05) is 30.3 Å². The Bertz CT molecular complexity index is 619. The number of hydrogen-bond acceptors (Lipinski definition) is 5. The van der Waals surface area contributed by atoms with Crippen LogP contribution in [0.15, 0.2) is 30.3 Å². The van der Waals surface area contributed by atoms with Crippen LogP contribution in [0.1, 0.15) is 31.2 Å². The lowest BCUT2D eigenvalue weighted by Crippen LogP contribution is -2.51. The Morgan fingerprint density at radius 3 is 2.59 bits per heavy atom. The lowest BCUT2D eigenvalue weighted by atomic mass is 10.0. The summed E-state index contributed by atoms with van der Waals surface area (Å²) in [6.07, 6.45) is 3.07. The van der Waals surface area contributed by atoms with Crippen LogP contribution in [0.2, 0.25) is 0 Å². The molecule has 2 fully saturated rings. The fourth-order valence-electron chi connectivity index (χ4n) is 3.73. The van der Waals surface area contributed by atoms with Crippen molar-refractivity contribution in [2.24, 2.45) is 5.73 Å². The van der Waals surface area contributed by atoms with Gasteiger partial charge in [0.2, 0.25) is 11.8 Å². The standard InChI is InChI=1S/C20H29N3O4/c21-18(24)9-11-23(14-16-6-2-1-3-7-16)19(25)15-22-10-5-4-8-17(22)20-26-12-13-27-20/h1-3,6-7,17,20H,4-5,8-15H2,(H2,21,24). The fourth-order valence-corrected chi connectivity index (χ4v) is 3.73. The van der Waals surface area contributed by atoms with Gasteiger partial charge in [0.25, 0.3) is 0 Å². The monoisotopic (exact) mass is 375 g/mol. The zero-order chi connectivity index (χ0) is 19.1. The van der Waals surface area contributed by atoms with Crippen LogP contribution in [0, 0.1) is 0 Å². The largest absolute Gasteiger partial charge is 0.370 e. The summed E-state index contributed by atoms with van der Waals surface area (Å²) in [5.41, 5.74) is 6.34. The number of primary amides is 1. The topological polar surface area (TPSA) is 85.1 Å². The molecule has 0 spiro atoms. The average Bonchev–Trinajstić information content (AvgIpc) is 3.20. The molecule has 3 rings (SSSR count). The minimum atomic E-state index is -0.399. The summed E-state index contributed by atoms with van der Waals surface area (Å²) in [6.45, 7) is 3.19. The summed E-state index contributed by atoms with van der Waals surface area (Å²) in [6, 6.07) is 9.91. The van der Waals surface area contributed by atoms with Crippen LogP contribution < -0.4 is 5.73 Å². The van der Waals surface area contributed by atoms with E-state index in [2.05, 4.69) is 4.90 Å². The van der Waals surface area contributed by atoms with E-state index in [0.717, 1.165) is 31.4 Å². The van der Waals surface area contributed by atoms with Crippen LogP contribution in [-0.4, -0.2) is 66.8 Å². The van der Waals surface area contributed by atoms with Gasteiger partial charge in [0.15, 0.2) is 6.29 Å². The van der Waals surface area contributed by atoms with E-state index in [9.17, 15) is 9.59 Å². The van der Waals surface area contributed by atoms with Gasteiger partial charge in [-0.3, -0.25) is 14.5 Å². The van der Waals surface area contributed by atoms with Crippen molar-refractivity contribution < 1.29 is 19.1 Å². The summed E-state index contributed by atoms with van der Waals surface area (Å²) in [5, 5.41) is 0. The number of piperidine rings is 1. The highest BCUT2D eigenvalue weighted by Gasteiger charge is 2.35. The number of carbonyl (C=O) groups excluding carboxylic acids is 2. The summed E-state index contributed by atoms with van der Waals surface area (Å²) in [7, 11) is 0. The molecular weight excluding hydrogens is 346 g/mol. The third-order valence-electron chi connectivity index (χ3n) is 5.16. The minimum Gasteiger partial charge on any atom is -0.370 e. The van der Waals surface area contributed by atoms with Gasteiger partial charge in [-0.2, -0.15) is 0 Å². The molecule has 2 N–H and O–H groups in total. The molecule has 0 aromatic heterocycles. The van der Waals surface area contributed by atoms with E-state index < -0.39 is 5.91 Å². The molecule has 1 unspecified atom stereocenters.